The highest BCUT2D eigenvalue weighted by Gasteiger charge is 2.41. The summed E-state index contributed by atoms with van der Waals surface area (Å²) in [6.07, 6.45) is 3.53. The molecule has 1 aliphatic rings. The second-order valence-electron chi connectivity index (χ2n) is 5.67. The van der Waals surface area contributed by atoms with Crippen molar-refractivity contribution in [3.05, 3.63) is 17.5 Å². The Bertz CT molecular complexity index is 501. The summed E-state index contributed by atoms with van der Waals surface area (Å²) in [5, 5.41) is 15.9. The molecular weight excluding hydrogens is 260 g/mol. The van der Waals surface area contributed by atoms with Gasteiger partial charge in [0.25, 0.3) is 5.91 Å². The van der Waals surface area contributed by atoms with Crippen LogP contribution in [0.3, 0.4) is 0 Å². The molecule has 0 aromatic carbocycles. The first kappa shape index (κ1) is 14.6. The number of hydrogen-bond donors (Lipinski definition) is 2. The van der Waals surface area contributed by atoms with Gasteiger partial charge in [0.05, 0.1) is 5.69 Å². The van der Waals surface area contributed by atoms with Crippen LogP contribution >= 0.6 is 0 Å². The minimum Gasteiger partial charge on any atom is -0.480 e. The van der Waals surface area contributed by atoms with Crippen molar-refractivity contribution in [2.45, 2.75) is 57.4 Å². The highest BCUT2D eigenvalue weighted by Crippen LogP contribution is 2.29. The minimum absolute atomic E-state index is 0.0694. The average molecular weight is 280 g/mol. The third kappa shape index (κ3) is 2.84. The van der Waals surface area contributed by atoms with Crippen molar-refractivity contribution in [1.29, 1.82) is 0 Å². The summed E-state index contributed by atoms with van der Waals surface area (Å²) in [5.41, 5.74) is -0.483. The first-order valence-corrected chi connectivity index (χ1v) is 6.97. The summed E-state index contributed by atoms with van der Waals surface area (Å²) < 4.78 is 5.00. The molecule has 1 amide bonds. The fourth-order valence-corrected chi connectivity index (χ4v) is 2.49. The van der Waals surface area contributed by atoms with Crippen LogP contribution in [0, 0.1) is 0 Å². The Kier molecular flexibility index (Phi) is 4.11. The van der Waals surface area contributed by atoms with E-state index in [2.05, 4.69) is 10.5 Å². The summed E-state index contributed by atoms with van der Waals surface area (Å²) in [4.78, 5) is 23.6. The molecule has 110 valence electrons. The molecule has 1 aromatic rings. The number of amides is 1. The highest BCUT2D eigenvalue weighted by molar-refractivity contribution is 5.95. The zero-order chi connectivity index (χ0) is 14.8. The van der Waals surface area contributed by atoms with E-state index in [0.29, 0.717) is 18.5 Å². The van der Waals surface area contributed by atoms with Gasteiger partial charge in [-0.2, -0.15) is 0 Å². The van der Waals surface area contributed by atoms with Gasteiger partial charge in [-0.15, -0.1) is 0 Å². The third-order valence-electron chi connectivity index (χ3n) is 3.81. The largest absolute Gasteiger partial charge is 0.480 e. The summed E-state index contributed by atoms with van der Waals surface area (Å²) >= 11 is 0. The molecule has 1 fully saturated rings. The van der Waals surface area contributed by atoms with Gasteiger partial charge in [0.1, 0.15) is 5.54 Å². The SMILES string of the molecule is CC(C)c1cc(C(=O)NC2(C(=O)O)CCCCC2)on1. The number of carboxylic acid groups (broad SMARTS) is 1. The molecule has 1 saturated carbocycles. The Balaban J connectivity index is 2.13. The van der Waals surface area contributed by atoms with Crippen molar-refractivity contribution in [2.75, 3.05) is 0 Å². The van der Waals surface area contributed by atoms with E-state index in [1.165, 1.54) is 0 Å². The molecule has 2 N–H and O–H groups in total. The number of carbonyl (C=O) groups excluding carboxylic acids is 1. The first-order valence-electron chi connectivity index (χ1n) is 6.97. The summed E-state index contributed by atoms with van der Waals surface area (Å²) in [6, 6.07) is 1.57. The Morgan fingerprint density at radius 3 is 2.50 bits per heavy atom. The molecule has 0 unspecified atom stereocenters. The van der Waals surface area contributed by atoms with Gasteiger partial charge >= 0.3 is 5.97 Å². The second-order valence-corrected chi connectivity index (χ2v) is 5.67. The Morgan fingerprint density at radius 1 is 1.35 bits per heavy atom. The molecule has 0 spiro atoms. The molecule has 6 nitrogen and oxygen atoms in total. The van der Waals surface area contributed by atoms with Gasteiger partial charge in [-0.25, -0.2) is 4.79 Å². The predicted molar refractivity (Wildman–Crippen MR) is 71.5 cm³/mol. The quantitative estimate of drug-likeness (QED) is 0.883. The van der Waals surface area contributed by atoms with Crippen LogP contribution in [0.25, 0.3) is 0 Å². The molecule has 1 aliphatic carbocycles. The van der Waals surface area contributed by atoms with E-state index in [1.807, 2.05) is 13.8 Å². The standard InChI is InChI=1S/C14H20N2O4/c1-9(2)10-8-11(20-16-10)12(17)15-14(13(18)19)6-4-3-5-7-14/h8-9H,3-7H2,1-2H3,(H,15,17)(H,18,19). The smallest absolute Gasteiger partial charge is 0.329 e. The first-order chi connectivity index (χ1) is 9.44. The number of aromatic nitrogens is 1. The molecule has 6 heteroatoms. The maximum Gasteiger partial charge on any atom is 0.329 e. The van der Waals surface area contributed by atoms with Gasteiger partial charge in [-0.1, -0.05) is 38.3 Å². The van der Waals surface area contributed by atoms with Crippen LogP contribution in [0.5, 0.6) is 0 Å². The normalized spacial score (nSPS) is 17.9. The Hall–Kier alpha value is -1.85. The summed E-state index contributed by atoms with van der Waals surface area (Å²) in [6.45, 7) is 3.89. The van der Waals surface area contributed by atoms with Gasteiger partial charge < -0.3 is 14.9 Å². The second kappa shape index (κ2) is 5.64. The van der Waals surface area contributed by atoms with Gasteiger partial charge in [0, 0.05) is 6.07 Å². The van der Waals surface area contributed by atoms with E-state index in [1.54, 1.807) is 6.07 Å². The van der Waals surface area contributed by atoms with E-state index in [4.69, 9.17) is 4.52 Å². The highest BCUT2D eigenvalue weighted by atomic mass is 16.5. The minimum atomic E-state index is -1.17. The lowest BCUT2D eigenvalue weighted by Gasteiger charge is -2.33. The van der Waals surface area contributed by atoms with Gasteiger partial charge in [-0.05, 0) is 18.8 Å². The number of hydrogen-bond acceptors (Lipinski definition) is 4. The lowest BCUT2D eigenvalue weighted by molar-refractivity contribution is -0.145. The fraction of sp³-hybridized carbons (Fsp3) is 0.643. The van der Waals surface area contributed by atoms with Crippen molar-refractivity contribution < 1.29 is 19.2 Å². The molecule has 2 rings (SSSR count). The maximum atomic E-state index is 12.2. The van der Waals surface area contributed by atoms with Crippen molar-refractivity contribution in [2.24, 2.45) is 0 Å². The zero-order valence-corrected chi connectivity index (χ0v) is 11.8. The molecular formula is C14H20N2O4. The van der Waals surface area contributed by atoms with Crippen LogP contribution in [0.1, 0.15) is 68.1 Å². The van der Waals surface area contributed by atoms with Crippen molar-refractivity contribution in [3.63, 3.8) is 0 Å². The van der Waals surface area contributed by atoms with Crippen molar-refractivity contribution in [3.8, 4) is 0 Å². The van der Waals surface area contributed by atoms with Gasteiger partial charge in [0.15, 0.2) is 0 Å². The van der Waals surface area contributed by atoms with Crippen molar-refractivity contribution >= 4 is 11.9 Å². The molecule has 20 heavy (non-hydrogen) atoms. The molecule has 0 saturated heterocycles. The number of aliphatic carboxylic acids is 1. The monoisotopic (exact) mass is 280 g/mol. The summed E-state index contributed by atoms with van der Waals surface area (Å²) in [5.74, 6) is -1.26. The topological polar surface area (TPSA) is 92.4 Å². The van der Waals surface area contributed by atoms with Crippen LogP contribution in [0.4, 0.5) is 0 Å². The van der Waals surface area contributed by atoms with E-state index >= 15 is 0 Å². The lowest BCUT2D eigenvalue weighted by Crippen LogP contribution is -2.55. The molecule has 0 atom stereocenters. The average Bonchev–Trinajstić information content (AvgIpc) is 2.89. The maximum absolute atomic E-state index is 12.2. The van der Waals surface area contributed by atoms with E-state index in [0.717, 1.165) is 19.3 Å². The van der Waals surface area contributed by atoms with Crippen molar-refractivity contribution in [1.82, 2.24) is 10.5 Å². The third-order valence-corrected chi connectivity index (χ3v) is 3.81. The van der Waals surface area contributed by atoms with Crippen LogP contribution in [-0.2, 0) is 4.79 Å². The zero-order valence-electron chi connectivity index (χ0n) is 11.8. The van der Waals surface area contributed by atoms with E-state index < -0.39 is 17.4 Å². The van der Waals surface area contributed by atoms with Crippen LogP contribution in [0.15, 0.2) is 10.6 Å². The van der Waals surface area contributed by atoms with E-state index in [-0.39, 0.29) is 11.7 Å². The Labute approximate surface area is 117 Å². The number of nitrogens with one attached hydrogen (secondary N) is 1. The van der Waals surface area contributed by atoms with Crippen LogP contribution < -0.4 is 5.32 Å². The number of rotatable bonds is 4. The van der Waals surface area contributed by atoms with E-state index in [9.17, 15) is 14.7 Å². The molecule has 0 aliphatic heterocycles. The predicted octanol–water partition coefficient (Wildman–Crippen LogP) is 2.32. The number of nitrogens with zero attached hydrogens (tertiary/aromatic N) is 1. The van der Waals surface area contributed by atoms with Gasteiger partial charge in [0.2, 0.25) is 5.76 Å². The van der Waals surface area contributed by atoms with Crippen LogP contribution in [0.2, 0.25) is 0 Å². The van der Waals surface area contributed by atoms with Gasteiger partial charge in [-0.3, -0.25) is 4.79 Å². The molecule has 1 heterocycles. The Morgan fingerprint density at radius 2 is 2.00 bits per heavy atom. The molecule has 0 bridgehead atoms. The fourth-order valence-electron chi connectivity index (χ4n) is 2.49. The lowest BCUT2D eigenvalue weighted by atomic mass is 9.81. The van der Waals surface area contributed by atoms with Crippen LogP contribution in [-0.4, -0.2) is 27.7 Å². The molecule has 0 radical (unpaired) electrons. The molecule has 1 aromatic heterocycles. The number of carbonyl (C=O) groups is 2. The number of carboxylic acids is 1. The summed E-state index contributed by atoms with van der Waals surface area (Å²) in [7, 11) is 0.